The van der Waals surface area contributed by atoms with Crippen LogP contribution in [0.15, 0.2) is 0 Å². The number of nitrogens with one attached hydrogen (secondary N) is 1. The summed E-state index contributed by atoms with van der Waals surface area (Å²) in [5.74, 6) is 0. The number of hydrogen-bond acceptors (Lipinski definition) is 4. The minimum atomic E-state index is -2.62. The molecule has 0 aliphatic heterocycles. The van der Waals surface area contributed by atoms with Crippen LogP contribution in [0.5, 0.6) is 0 Å². The summed E-state index contributed by atoms with van der Waals surface area (Å²) < 4.78 is 19.9. The molecule has 1 radical (unpaired) electrons. The summed E-state index contributed by atoms with van der Waals surface area (Å²) in [6, 6.07) is 0.909. The van der Waals surface area contributed by atoms with Gasteiger partial charge in [-0.3, -0.25) is 0 Å². The summed E-state index contributed by atoms with van der Waals surface area (Å²) in [5, 5.41) is 3.27. The average molecular weight is 381 g/mol. The lowest BCUT2D eigenvalue weighted by Gasteiger charge is -2.43. The summed E-state index contributed by atoms with van der Waals surface area (Å²) in [5.41, 5.74) is 0. The van der Waals surface area contributed by atoms with Gasteiger partial charge in [0.25, 0.3) is 0 Å². The summed E-state index contributed by atoms with van der Waals surface area (Å²) in [7, 11) is -7.82. The zero-order chi connectivity index (χ0) is 17.7. The first kappa shape index (κ1) is 22.7. The fraction of sp³-hybridized carbons (Fsp3) is 0.929. The largest absolute Gasteiger partial charge is 0.469 e. The molecule has 8 heteroatoms. The fourth-order valence-electron chi connectivity index (χ4n) is 2.17. The second-order valence-electron chi connectivity index (χ2n) is 8.67. The van der Waals surface area contributed by atoms with E-state index in [2.05, 4.69) is 64.2 Å². The Kier molecular flexibility index (Phi) is 8.98. The van der Waals surface area contributed by atoms with Crippen molar-refractivity contribution in [1.82, 2.24) is 5.32 Å². The molecule has 133 valence electrons. The Morgan fingerprint density at radius 1 is 0.727 bits per heavy atom. The molecule has 0 rings (SSSR count). The molecular formula is C14H38NO3Si4. The third-order valence-corrected chi connectivity index (χ3v) is 14.4. The van der Waals surface area contributed by atoms with Gasteiger partial charge in [-0.2, -0.15) is 0 Å². The molecule has 1 N–H and O–H groups in total. The molecule has 0 bridgehead atoms. The quantitative estimate of drug-likeness (QED) is 0.418. The molecule has 4 nitrogen and oxygen atoms in total. The van der Waals surface area contributed by atoms with Crippen molar-refractivity contribution < 1.29 is 12.3 Å². The molecule has 22 heavy (non-hydrogen) atoms. The molecule has 0 heterocycles. The van der Waals surface area contributed by atoms with Gasteiger partial charge in [0.15, 0.2) is 25.0 Å². The van der Waals surface area contributed by atoms with E-state index < -0.39 is 33.8 Å². The standard InChI is InChI=1S/C14H38NO3Si4/c1-11-15-13-12-14-22(16-19(2,3)4,17-20(5,6)7)18-21(8,9)10/h11,15H,12-14H2,1-10H3. The zero-order valence-corrected chi connectivity index (χ0v) is 20.4. The molecule has 0 fully saturated rings. The highest BCUT2D eigenvalue weighted by Crippen LogP contribution is 2.29. The third kappa shape index (κ3) is 12.2. The topological polar surface area (TPSA) is 39.7 Å². The lowest BCUT2D eigenvalue weighted by molar-refractivity contribution is 0.250. The van der Waals surface area contributed by atoms with E-state index >= 15 is 0 Å². The molecule has 0 unspecified atom stereocenters. The Morgan fingerprint density at radius 2 is 1.09 bits per heavy atom. The van der Waals surface area contributed by atoms with Gasteiger partial charge >= 0.3 is 8.80 Å². The Hall–Kier alpha value is 0.708. The summed E-state index contributed by atoms with van der Waals surface area (Å²) in [6.45, 7) is 25.0. The molecule has 0 aromatic rings. The molecule has 0 aromatic carbocycles. The minimum Gasteiger partial charge on any atom is -0.417 e. The molecule has 0 aromatic heterocycles. The first-order valence-corrected chi connectivity index (χ1v) is 20.5. The normalized spacial score (nSPS) is 14.5. The van der Waals surface area contributed by atoms with Crippen LogP contribution in [0.3, 0.4) is 0 Å². The average Bonchev–Trinajstić information content (AvgIpc) is 2.16. The van der Waals surface area contributed by atoms with Gasteiger partial charge in [-0.15, -0.1) is 0 Å². The van der Waals surface area contributed by atoms with Gasteiger partial charge in [-0.05, 0) is 78.8 Å². The summed E-state index contributed by atoms with van der Waals surface area (Å²) in [4.78, 5) is 0. The molecule has 0 spiro atoms. The highest BCUT2D eigenvalue weighted by molar-refractivity contribution is 6.90. The van der Waals surface area contributed by atoms with Crippen molar-refractivity contribution in [2.45, 2.75) is 78.3 Å². The van der Waals surface area contributed by atoms with Gasteiger partial charge in [0.05, 0.1) is 0 Å². The van der Waals surface area contributed by atoms with E-state index in [1.54, 1.807) is 0 Å². The first-order chi connectivity index (χ1) is 9.68. The van der Waals surface area contributed by atoms with Crippen LogP contribution in [0.4, 0.5) is 0 Å². The van der Waals surface area contributed by atoms with Gasteiger partial charge in [-0.25, -0.2) is 0 Å². The van der Waals surface area contributed by atoms with Crippen LogP contribution in [-0.2, 0) is 12.3 Å². The molecule has 0 aliphatic rings. The van der Waals surface area contributed by atoms with Crippen LogP contribution < -0.4 is 5.32 Å². The molecule has 0 saturated heterocycles. The highest BCUT2D eigenvalue weighted by atomic mass is 28.5. The second-order valence-corrected chi connectivity index (χ2v) is 25.7. The van der Waals surface area contributed by atoms with Crippen molar-refractivity contribution in [3.05, 3.63) is 6.54 Å². The molecule has 0 amide bonds. The van der Waals surface area contributed by atoms with Crippen molar-refractivity contribution in [2.24, 2.45) is 0 Å². The van der Waals surface area contributed by atoms with Crippen molar-refractivity contribution in [2.75, 3.05) is 6.54 Å². The maximum absolute atomic E-state index is 6.62. The van der Waals surface area contributed by atoms with Gasteiger partial charge in [0.1, 0.15) is 0 Å². The number of rotatable bonds is 11. The Morgan fingerprint density at radius 3 is 1.36 bits per heavy atom. The Labute approximate surface area is 143 Å². The third-order valence-electron chi connectivity index (χ3n) is 2.39. The lowest BCUT2D eigenvalue weighted by Crippen LogP contribution is -2.60. The van der Waals surface area contributed by atoms with E-state index in [0.717, 1.165) is 19.0 Å². The second kappa shape index (κ2) is 8.70. The van der Waals surface area contributed by atoms with Crippen LogP contribution >= 0.6 is 0 Å². The van der Waals surface area contributed by atoms with Crippen LogP contribution in [0.1, 0.15) is 13.3 Å². The molecular weight excluding hydrogens is 343 g/mol. The molecule has 0 saturated carbocycles. The summed E-state index contributed by atoms with van der Waals surface area (Å²) >= 11 is 0. The maximum Gasteiger partial charge on any atom is 0.469 e. The zero-order valence-electron chi connectivity index (χ0n) is 16.4. The van der Waals surface area contributed by atoms with Crippen molar-refractivity contribution in [1.29, 1.82) is 0 Å². The highest BCUT2D eigenvalue weighted by Gasteiger charge is 2.49. The van der Waals surface area contributed by atoms with E-state index in [-0.39, 0.29) is 0 Å². The number of hydrogen-bond donors (Lipinski definition) is 1. The van der Waals surface area contributed by atoms with Gasteiger partial charge in [0.2, 0.25) is 0 Å². The van der Waals surface area contributed by atoms with Gasteiger partial charge < -0.3 is 17.7 Å². The lowest BCUT2D eigenvalue weighted by atomic mass is 10.5. The monoisotopic (exact) mass is 380 g/mol. The smallest absolute Gasteiger partial charge is 0.417 e. The predicted molar refractivity (Wildman–Crippen MR) is 106 cm³/mol. The van der Waals surface area contributed by atoms with E-state index in [1.165, 1.54) is 0 Å². The minimum absolute atomic E-state index is 0.909. The van der Waals surface area contributed by atoms with Crippen molar-refractivity contribution >= 4 is 33.8 Å². The van der Waals surface area contributed by atoms with E-state index in [4.69, 9.17) is 12.3 Å². The SMILES string of the molecule is C[CH]NCCC[Si](O[Si](C)(C)C)(O[Si](C)(C)C)O[Si](C)(C)C. The maximum atomic E-state index is 6.62. The van der Waals surface area contributed by atoms with E-state index in [1.807, 2.05) is 13.5 Å². The van der Waals surface area contributed by atoms with Crippen LogP contribution in [0, 0.1) is 6.54 Å². The van der Waals surface area contributed by atoms with Crippen LogP contribution in [-0.4, -0.2) is 40.3 Å². The Balaban J connectivity index is 5.30. The Bertz CT molecular complexity index is 281. The van der Waals surface area contributed by atoms with Crippen molar-refractivity contribution in [3.63, 3.8) is 0 Å². The molecule has 0 aliphatic carbocycles. The molecule has 0 atom stereocenters. The van der Waals surface area contributed by atoms with Gasteiger partial charge in [-0.1, -0.05) is 0 Å². The van der Waals surface area contributed by atoms with E-state index in [0.29, 0.717) is 0 Å². The van der Waals surface area contributed by atoms with Gasteiger partial charge in [0, 0.05) is 12.6 Å². The first-order valence-electron chi connectivity index (χ1n) is 8.30. The predicted octanol–water partition coefficient (Wildman–Crippen LogP) is 4.64. The van der Waals surface area contributed by atoms with Crippen molar-refractivity contribution in [3.8, 4) is 0 Å². The van der Waals surface area contributed by atoms with Crippen LogP contribution in [0.2, 0.25) is 65.0 Å². The summed E-state index contributed by atoms with van der Waals surface area (Å²) in [6.07, 6.45) is 1.02. The van der Waals surface area contributed by atoms with Crippen LogP contribution in [0.25, 0.3) is 0 Å². The van der Waals surface area contributed by atoms with E-state index in [9.17, 15) is 0 Å². The fourth-order valence-corrected chi connectivity index (χ4v) is 16.8.